The van der Waals surface area contributed by atoms with Crippen LogP contribution >= 0.6 is 0 Å². The van der Waals surface area contributed by atoms with Crippen molar-refractivity contribution in [3.63, 3.8) is 0 Å². The van der Waals surface area contributed by atoms with E-state index in [9.17, 15) is 22.8 Å². The first-order valence-corrected chi connectivity index (χ1v) is 11.3. The first-order chi connectivity index (χ1) is 17.6. The second kappa shape index (κ2) is 10.4. The summed E-state index contributed by atoms with van der Waals surface area (Å²) in [5.74, 6) is -0.536. The molecule has 1 saturated carbocycles. The quantitative estimate of drug-likeness (QED) is 0.436. The van der Waals surface area contributed by atoms with Crippen LogP contribution in [0.15, 0.2) is 60.8 Å². The van der Waals surface area contributed by atoms with Gasteiger partial charge in [0, 0.05) is 24.4 Å². The van der Waals surface area contributed by atoms with E-state index < -0.39 is 23.2 Å². The number of benzene rings is 2. The minimum absolute atomic E-state index is 0.0656. The smallest absolute Gasteiger partial charge is 0.420 e. The summed E-state index contributed by atoms with van der Waals surface area (Å²) in [6.07, 6.45) is -2.17. The Balaban J connectivity index is 1.35. The molecule has 8 nitrogen and oxygen atoms in total. The van der Waals surface area contributed by atoms with Crippen molar-refractivity contribution in [2.75, 3.05) is 14.2 Å². The van der Waals surface area contributed by atoms with E-state index in [4.69, 9.17) is 14.2 Å². The van der Waals surface area contributed by atoms with E-state index in [-0.39, 0.29) is 35.6 Å². The summed E-state index contributed by atoms with van der Waals surface area (Å²) >= 11 is 0. The highest BCUT2D eigenvalue weighted by molar-refractivity contribution is 6.00. The highest BCUT2D eigenvalue weighted by Gasteiger charge is 2.51. The Morgan fingerprint density at radius 2 is 1.68 bits per heavy atom. The van der Waals surface area contributed by atoms with E-state index >= 15 is 0 Å². The Labute approximate surface area is 210 Å². The van der Waals surface area contributed by atoms with Crippen LogP contribution in [0.2, 0.25) is 0 Å². The molecule has 2 amide bonds. The number of amides is 2. The van der Waals surface area contributed by atoms with Gasteiger partial charge >= 0.3 is 6.18 Å². The molecule has 0 aliphatic heterocycles. The van der Waals surface area contributed by atoms with Gasteiger partial charge in [0.1, 0.15) is 28.4 Å². The zero-order chi connectivity index (χ0) is 26.6. The lowest BCUT2D eigenvalue weighted by molar-refractivity contribution is -0.138. The largest absolute Gasteiger partial charge is 0.497 e. The molecule has 4 rings (SSSR count). The number of hydrogen-bond donors (Lipinski definition) is 2. The topological polar surface area (TPSA) is 98.8 Å². The number of methoxy groups -OCH3 is 2. The lowest BCUT2D eigenvalue weighted by Crippen LogP contribution is -2.48. The average molecular weight is 515 g/mol. The molecule has 0 bridgehead atoms. The lowest BCUT2D eigenvalue weighted by atomic mass is 10.1. The summed E-state index contributed by atoms with van der Waals surface area (Å²) in [5.41, 5.74) is -0.913. The maximum atomic E-state index is 13.4. The predicted molar refractivity (Wildman–Crippen MR) is 127 cm³/mol. The first-order valence-electron chi connectivity index (χ1n) is 11.3. The number of pyridine rings is 1. The summed E-state index contributed by atoms with van der Waals surface area (Å²) in [4.78, 5) is 29.3. The molecule has 2 aromatic carbocycles. The highest BCUT2D eigenvalue weighted by Crippen LogP contribution is 2.40. The van der Waals surface area contributed by atoms with Crippen LogP contribution in [0.4, 0.5) is 13.2 Å². The molecule has 0 atom stereocenters. The maximum Gasteiger partial charge on any atom is 0.420 e. The van der Waals surface area contributed by atoms with Gasteiger partial charge in [-0.15, -0.1) is 0 Å². The van der Waals surface area contributed by atoms with Crippen molar-refractivity contribution in [2.45, 2.75) is 31.1 Å². The van der Waals surface area contributed by atoms with Crippen LogP contribution in [-0.4, -0.2) is 36.6 Å². The van der Waals surface area contributed by atoms with Crippen molar-refractivity contribution in [1.82, 2.24) is 15.6 Å². The fourth-order valence-corrected chi connectivity index (χ4v) is 3.59. The van der Waals surface area contributed by atoms with Gasteiger partial charge in [0.15, 0.2) is 0 Å². The number of halogens is 3. The zero-order valence-electron chi connectivity index (χ0n) is 20.0. The molecule has 2 N–H and O–H groups in total. The predicted octanol–water partition coefficient (Wildman–Crippen LogP) is 4.49. The number of ether oxygens (including phenoxy) is 3. The summed E-state index contributed by atoms with van der Waals surface area (Å²) < 4.78 is 55.6. The van der Waals surface area contributed by atoms with Crippen LogP contribution in [0, 0.1) is 0 Å². The number of carbonyl (C=O) groups excluding carboxylic acids is 2. The molecule has 0 saturated heterocycles. The monoisotopic (exact) mass is 515 g/mol. The standard InChI is InChI=1S/C26H24F3N3O5/c1-35-19-7-8-21(20(14-19)26(27,28)29)37-18-5-3-16(4-6-18)15-31-24(34)25(10-11-25)32-23(33)17-9-12-30-22(13-17)36-2/h3-9,12-14H,10-11,15H2,1-2H3,(H,31,34)(H,32,33). The van der Waals surface area contributed by atoms with Gasteiger partial charge in [-0.3, -0.25) is 9.59 Å². The summed E-state index contributed by atoms with van der Waals surface area (Å²) in [5, 5.41) is 5.58. The molecule has 0 radical (unpaired) electrons. The molecule has 194 valence electrons. The fourth-order valence-electron chi connectivity index (χ4n) is 3.59. The minimum atomic E-state index is -4.62. The Kier molecular flexibility index (Phi) is 7.23. The summed E-state index contributed by atoms with van der Waals surface area (Å²) in [6, 6.07) is 12.7. The van der Waals surface area contributed by atoms with Crippen LogP contribution < -0.4 is 24.8 Å². The molecule has 11 heteroatoms. The number of carbonyl (C=O) groups is 2. The van der Waals surface area contributed by atoms with Crippen LogP contribution in [-0.2, 0) is 17.5 Å². The molecular weight excluding hydrogens is 491 g/mol. The number of nitrogens with one attached hydrogen (secondary N) is 2. The maximum absolute atomic E-state index is 13.4. The number of alkyl halides is 3. The molecule has 1 fully saturated rings. The molecule has 0 spiro atoms. The van der Waals surface area contributed by atoms with Crippen molar-refractivity contribution in [1.29, 1.82) is 0 Å². The molecule has 0 unspecified atom stereocenters. The van der Waals surface area contributed by atoms with Crippen molar-refractivity contribution in [3.8, 4) is 23.1 Å². The van der Waals surface area contributed by atoms with E-state index in [1.165, 1.54) is 56.8 Å². The third kappa shape index (κ3) is 6.11. The van der Waals surface area contributed by atoms with Gasteiger partial charge in [-0.25, -0.2) is 4.98 Å². The first kappa shape index (κ1) is 25.8. The minimum Gasteiger partial charge on any atom is -0.497 e. The number of aromatic nitrogens is 1. The van der Waals surface area contributed by atoms with E-state index in [0.717, 1.165) is 6.07 Å². The Morgan fingerprint density at radius 3 is 2.30 bits per heavy atom. The number of rotatable bonds is 9. The number of nitrogens with zero attached hydrogens (tertiary/aromatic N) is 1. The van der Waals surface area contributed by atoms with Crippen molar-refractivity contribution >= 4 is 11.8 Å². The molecule has 37 heavy (non-hydrogen) atoms. The normalized spacial score (nSPS) is 13.9. The van der Waals surface area contributed by atoms with Gasteiger partial charge in [-0.05, 0) is 54.8 Å². The Hall–Kier alpha value is -4.28. The SMILES string of the molecule is COc1ccc(Oc2ccc(CNC(=O)C3(NC(=O)c4ccnc(OC)c4)CC3)cc2)c(C(F)(F)F)c1. The van der Waals surface area contributed by atoms with Crippen LogP contribution in [0.25, 0.3) is 0 Å². The summed E-state index contributed by atoms with van der Waals surface area (Å²) in [7, 11) is 2.72. The third-order valence-electron chi connectivity index (χ3n) is 5.84. The average Bonchev–Trinajstić information content (AvgIpc) is 3.68. The van der Waals surface area contributed by atoms with Crippen molar-refractivity contribution in [3.05, 3.63) is 77.5 Å². The van der Waals surface area contributed by atoms with Gasteiger partial charge in [-0.1, -0.05) is 12.1 Å². The molecule has 1 aromatic heterocycles. The molecular formula is C26H24F3N3O5. The van der Waals surface area contributed by atoms with Crippen LogP contribution in [0.3, 0.4) is 0 Å². The van der Waals surface area contributed by atoms with Crippen LogP contribution in [0.5, 0.6) is 23.1 Å². The van der Waals surface area contributed by atoms with E-state index in [2.05, 4.69) is 15.6 Å². The van der Waals surface area contributed by atoms with Gasteiger partial charge in [0.2, 0.25) is 11.8 Å². The fraction of sp³-hybridized carbons (Fsp3) is 0.269. The highest BCUT2D eigenvalue weighted by atomic mass is 19.4. The molecule has 1 aliphatic rings. The second-order valence-electron chi connectivity index (χ2n) is 8.41. The second-order valence-corrected chi connectivity index (χ2v) is 8.41. The van der Waals surface area contributed by atoms with Crippen LogP contribution in [0.1, 0.15) is 34.3 Å². The van der Waals surface area contributed by atoms with E-state index in [0.29, 0.717) is 24.0 Å². The molecule has 1 aliphatic carbocycles. The number of hydrogen-bond acceptors (Lipinski definition) is 6. The van der Waals surface area contributed by atoms with Crippen molar-refractivity contribution in [2.24, 2.45) is 0 Å². The van der Waals surface area contributed by atoms with Crippen molar-refractivity contribution < 1.29 is 37.0 Å². The van der Waals surface area contributed by atoms with Gasteiger partial charge < -0.3 is 24.8 Å². The van der Waals surface area contributed by atoms with Gasteiger partial charge in [0.05, 0.1) is 14.2 Å². The van der Waals surface area contributed by atoms with Gasteiger partial charge in [0.25, 0.3) is 5.91 Å². The molecule has 3 aromatic rings. The third-order valence-corrected chi connectivity index (χ3v) is 5.84. The van der Waals surface area contributed by atoms with E-state index in [1.54, 1.807) is 12.1 Å². The lowest BCUT2D eigenvalue weighted by Gasteiger charge is -2.18. The van der Waals surface area contributed by atoms with Gasteiger partial charge in [-0.2, -0.15) is 13.2 Å². The zero-order valence-corrected chi connectivity index (χ0v) is 20.0. The van der Waals surface area contributed by atoms with E-state index in [1.807, 2.05) is 0 Å². The Bertz CT molecular complexity index is 1290. The summed E-state index contributed by atoms with van der Waals surface area (Å²) in [6.45, 7) is 0.163. The molecule has 1 heterocycles. The Morgan fingerprint density at radius 1 is 0.973 bits per heavy atom.